The predicted molar refractivity (Wildman–Crippen MR) is 145 cm³/mol. The summed E-state index contributed by atoms with van der Waals surface area (Å²) in [5.41, 5.74) is 12.8. The van der Waals surface area contributed by atoms with Gasteiger partial charge in [0.25, 0.3) is 0 Å². The molecule has 3 aromatic rings. The fourth-order valence-corrected chi connectivity index (χ4v) is 6.83. The van der Waals surface area contributed by atoms with Crippen molar-refractivity contribution < 1.29 is 0 Å². The van der Waals surface area contributed by atoms with Gasteiger partial charge in [-0.15, -0.1) is 0 Å². The fraction of sp³-hybridized carbons (Fsp3) is 0.250. The Kier molecular flexibility index (Phi) is 6.52. The first kappa shape index (κ1) is 21.7. The minimum absolute atomic E-state index is 0.275. The lowest BCUT2D eigenvalue weighted by Gasteiger charge is -2.26. The molecule has 3 atom stereocenters. The molecule has 0 aliphatic rings. The predicted octanol–water partition coefficient (Wildman–Crippen LogP) is 1.75. The van der Waals surface area contributed by atoms with Crippen molar-refractivity contribution in [1.82, 2.24) is 0 Å². The SMILES string of the molecule is Cc1cc([PH3+])cc(C)c1B(c1c(C)cc([PH3+])cc1C)c1c(C)cc([PH3+])cc1C. The molecule has 0 saturated heterocycles. The zero-order valence-electron chi connectivity index (χ0n) is 18.2. The summed E-state index contributed by atoms with van der Waals surface area (Å²) in [7, 11) is 5.94. The molecule has 3 aromatic carbocycles. The van der Waals surface area contributed by atoms with Gasteiger partial charge in [0.15, 0.2) is 0 Å². The summed E-state index contributed by atoms with van der Waals surface area (Å²) >= 11 is 0. The summed E-state index contributed by atoms with van der Waals surface area (Å²) < 4.78 is 0. The third-order valence-corrected chi connectivity index (χ3v) is 7.05. The standard InChI is InChI=1S/C24H30BP3/c1-13-7-19(26)8-14(2)22(13)25(23-15(3)9-20(27)10-16(23)4)24-17(5)11-21(28)12-18(24)6/h7-12H,26-28H2,1-6H3/p+3. The molecule has 0 amide bonds. The Labute approximate surface area is 178 Å². The van der Waals surface area contributed by atoms with E-state index in [0.29, 0.717) is 0 Å². The average molecular weight is 425 g/mol. The van der Waals surface area contributed by atoms with E-state index < -0.39 is 0 Å². The van der Waals surface area contributed by atoms with E-state index in [2.05, 4.69) is 77.9 Å². The van der Waals surface area contributed by atoms with Crippen molar-refractivity contribution in [2.24, 2.45) is 0 Å². The maximum absolute atomic E-state index is 2.36. The van der Waals surface area contributed by atoms with E-state index in [1.807, 2.05) is 27.7 Å². The average Bonchev–Trinajstić information content (AvgIpc) is 2.51. The van der Waals surface area contributed by atoms with Gasteiger partial charge in [0.2, 0.25) is 6.71 Å². The van der Waals surface area contributed by atoms with Crippen molar-refractivity contribution in [3.8, 4) is 0 Å². The van der Waals surface area contributed by atoms with Crippen molar-refractivity contribution in [2.75, 3.05) is 0 Å². The Bertz CT molecular complexity index is 864. The van der Waals surface area contributed by atoms with Gasteiger partial charge in [-0.05, 0) is 77.9 Å². The Morgan fingerprint density at radius 2 is 0.607 bits per heavy atom. The minimum atomic E-state index is 0.275. The smallest absolute Gasteiger partial charge is 0.0626 e. The summed E-state index contributed by atoms with van der Waals surface area (Å²) in [5.74, 6) is 0. The van der Waals surface area contributed by atoms with E-state index in [4.69, 9.17) is 0 Å². The molecule has 4 heteroatoms. The van der Waals surface area contributed by atoms with Crippen molar-refractivity contribution in [3.05, 3.63) is 69.8 Å². The van der Waals surface area contributed by atoms with Gasteiger partial charge in [-0.25, -0.2) is 0 Å². The second-order valence-electron chi connectivity index (χ2n) is 8.36. The first-order valence-corrected chi connectivity index (χ1v) is 12.0. The van der Waals surface area contributed by atoms with Crippen LogP contribution in [-0.2, 0) is 0 Å². The third kappa shape index (κ3) is 4.14. The molecule has 28 heavy (non-hydrogen) atoms. The highest BCUT2D eigenvalue weighted by molar-refractivity contribution is 7.27. The molecule has 0 aliphatic carbocycles. The lowest BCUT2D eigenvalue weighted by molar-refractivity contribution is 1.41. The highest BCUT2D eigenvalue weighted by Gasteiger charge is 2.31. The van der Waals surface area contributed by atoms with E-state index in [9.17, 15) is 0 Å². The van der Waals surface area contributed by atoms with Crippen LogP contribution in [0.25, 0.3) is 0 Å². The van der Waals surface area contributed by atoms with Crippen molar-refractivity contribution in [1.29, 1.82) is 0 Å². The van der Waals surface area contributed by atoms with Crippen LogP contribution in [-0.4, -0.2) is 6.71 Å². The second kappa shape index (κ2) is 8.40. The Morgan fingerprint density at radius 3 is 0.786 bits per heavy atom. The van der Waals surface area contributed by atoms with Crippen LogP contribution in [0.3, 0.4) is 0 Å². The summed E-state index contributed by atoms with van der Waals surface area (Å²) in [4.78, 5) is 0. The number of benzene rings is 3. The van der Waals surface area contributed by atoms with Crippen LogP contribution in [0.1, 0.15) is 33.4 Å². The molecule has 0 aliphatic heterocycles. The second-order valence-corrected chi connectivity index (χ2v) is 10.8. The Hall–Kier alpha value is -0.985. The van der Waals surface area contributed by atoms with Gasteiger partial charge in [-0.1, -0.05) is 49.8 Å². The Morgan fingerprint density at radius 1 is 0.429 bits per heavy atom. The van der Waals surface area contributed by atoms with Gasteiger partial charge >= 0.3 is 0 Å². The quantitative estimate of drug-likeness (QED) is 0.443. The molecule has 0 nitrogen and oxygen atoms in total. The molecule has 0 aromatic heterocycles. The van der Waals surface area contributed by atoms with Crippen LogP contribution in [0.2, 0.25) is 0 Å². The van der Waals surface area contributed by atoms with E-state index in [-0.39, 0.29) is 6.71 Å². The van der Waals surface area contributed by atoms with Gasteiger partial charge < -0.3 is 0 Å². The van der Waals surface area contributed by atoms with Gasteiger partial charge in [0.05, 0.1) is 15.9 Å². The molecular formula is C24H33BP3+3. The molecule has 3 unspecified atom stereocenters. The van der Waals surface area contributed by atoms with Crippen LogP contribution in [0.4, 0.5) is 0 Å². The molecular weight excluding hydrogens is 392 g/mol. The topological polar surface area (TPSA) is 0 Å². The lowest BCUT2D eigenvalue weighted by Crippen LogP contribution is -2.58. The van der Waals surface area contributed by atoms with E-state index in [1.165, 1.54) is 65.7 Å². The molecule has 0 N–H and O–H groups in total. The first-order valence-electron chi connectivity index (χ1n) is 9.89. The number of hydrogen-bond donors (Lipinski definition) is 0. The zero-order chi connectivity index (χ0) is 20.7. The van der Waals surface area contributed by atoms with E-state index in [0.717, 1.165) is 0 Å². The summed E-state index contributed by atoms with van der Waals surface area (Å²) in [5, 5.41) is 4.11. The Balaban J connectivity index is 2.45. The largest absolute Gasteiger partial charge is 0.243 e. The van der Waals surface area contributed by atoms with E-state index in [1.54, 1.807) is 0 Å². The zero-order valence-corrected chi connectivity index (χ0v) is 22.4. The summed E-state index contributed by atoms with van der Waals surface area (Å²) in [6, 6.07) is 14.1. The molecule has 0 radical (unpaired) electrons. The van der Waals surface area contributed by atoms with Crippen LogP contribution in [0.5, 0.6) is 0 Å². The molecule has 0 heterocycles. The van der Waals surface area contributed by atoms with Crippen molar-refractivity contribution in [2.45, 2.75) is 41.5 Å². The molecule has 0 bridgehead atoms. The molecule has 0 fully saturated rings. The fourth-order valence-electron chi connectivity index (χ4n) is 4.99. The monoisotopic (exact) mass is 425 g/mol. The van der Waals surface area contributed by atoms with Crippen LogP contribution < -0.4 is 32.3 Å². The van der Waals surface area contributed by atoms with Crippen LogP contribution >= 0.6 is 27.7 Å². The number of aryl methyl sites for hydroxylation is 6. The van der Waals surface area contributed by atoms with Gasteiger partial charge in [-0.3, -0.25) is 0 Å². The number of hydrogen-bond acceptors (Lipinski definition) is 0. The molecule has 0 spiro atoms. The lowest BCUT2D eigenvalue weighted by atomic mass is 9.33. The van der Waals surface area contributed by atoms with Crippen LogP contribution in [0.15, 0.2) is 36.4 Å². The summed E-state index contributed by atoms with van der Waals surface area (Å²) in [6.45, 7) is 14.0. The van der Waals surface area contributed by atoms with Crippen LogP contribution in [0, 0.1) is 41.5 Å². The minimum Gasteiger partial charge on any atom is -0.0626 e. The number of rotatable bonds is 3. The summed E-state index contributed by atoms with van der Waals surface area (Å²) in [6.07, 6.45) is 0. The first-order chi connectivity index (χ1) is 13.1. The van der Waals surface area contributed by atoms with Gasteiger partial charge in [0, 0.05) is 27.7 Å². The highest BCUT2D eigenvalue weighted by Crippen LogP contribution is 2.12. The normalized spacial score (nSPS) is 11.4. The third-order valence-electron chi connectivity index (χ3n) is 5.83. The highest BCUT2D eigenvalue weighted by atomic mass is 31.0. The maximum atomic E-state index is 2.36. The molecule has 0 saturated carbocycles. The van der Waals surface area contributed by atoms with Crippen molar-refractivity contribution in [3.63, 3.8) is 0 Å². The molecule has 144 valence electrons. The van der Waals surface area contributed by atoms with Gasteiger partial charge in [0.1, 0.15) is 0 Å². The maximum Gasteiger partial charge on any atom is 0.243 e. The van der Waals surface area contributed by atoms with Crippen molar-refractivity contribution >= 4 is 66.7 Å². The molecule has 3 rings (SSSR count). The van der Waals surface area contributed by atoms with E-state index >= 15 is 0 Å². The van der Waals surface area contributed by atoms with Gasteiger partial charge in [-0.2, -0.15) is 0 Å².